The molecule has 0 aromatic carbocycles. The van der Waals surface area contributed by atoms with Crippen LogP contribution in [0.1, 0.15) is 66.2 Å². The molecule has 3 heterocycles. The first-order chi connectivity index (χ1) is 13.0. The SMILES string of the molecule is C=C1C(=O)OC2C1CC1OC2C(C)CCCC(C)=CCCC1(C)O.CC(=O)O. The van der Waals surface area contributed by atoms with Crippen LogP contribution in [-0.4, -0.2) is 46.1 Å². The minimum Gasteiger partial charge on any atom is -0.481 e. The highest BCUT2D eigenvalue weighted by molar-refractivity contribution is 5.91. The van der Waals surface area contributed by atoms with E-state index in [2.05, 4.69) is 26.5 Å². The molecular weight excluding hydrogens is 360 g/mol. The molecule has 6 unspecified atom stereocenters. The van der Waals surface area contributed by atoms with E-state index >= 15 is 0 Å². The van der Waals surface area contributed by atoms with E-state index in [4.69, 9.17) is 19.4 Å². The fourth-order valence-corrected chi connectivity index (χ4v) is 4.36. The molecule has 0 aromatic heterocycles. The number of fused-ring (bicyclic) bond motifs is 4. The van der Waals surface area contributed by atoms with Gasteiger partial charge in [-0.15, -0.1) is 0 Å². The highest BCUT2D eigenvalue weighted by atomic mass is 16.6. The number of rotatable bonds is 0. The van der Waals surface area contributed by atoms with E-state index in [-0.39, 0.29) is 36.1 Å². The number of carboxylic acids is 1. The van der Waals surface area contributed by atoms with Crippen molar-refractivity contribution in [2.75, 3.05) is 0 Å². The Morgan fingerprint density at radius 1 is 1.36 bits per heavy atom. The highest BCUT2D eigenvalue weighted by Gasteiger charge is 2.53. The van der Waals surface area contributed by atoms with Crippen molar-refractivity contribution in [3.05, 3.63) is 23.8 Å². The highest BCUT2D eigenvalue weighted by Crippen LogP contribution is 2.44. The minimum atomic E-state index is -0.912. The van der Waals surface area contributed by atoms with Crippen LogP contribution < -0.4 is 0 Å². The molecule has 6 atom stereocenters. The number of carbonyl (C=O) groups excluding carboxylic acids is 1. The molecule has 2 fully saturated rings. The molecule has 0 aliphatic carbocycles. The van der Waals surface area contributed by atoms with E-state index in [0.717, 1.165) is 32.6 Å². The van der Waals surface area contributed by atoms with E-state index in [9.17, 15) is 9.90 Å². The normalized spacial score (nSPS) is 38.6. The van der Waals surface area contributed by atoms with Crippen LogP contribution >= 0.6 is 0 Å². The van der Waals surface area contributed by atoms with Crippen LogP contribution in [0.3, 0.4) is 0 Å². The summed E-state index contributed by atoms with van der Waals surface area (Å²) in [5, 5.41) is 18.4. The van der Waals surface area contributed by atoms with E-state index in [1.165, 1.54) is 5.57 Å². The fraction of sp³-hybridized carbons (Fsp3) is 0.727. The summed E-state index contributed by atoms with van der Waals surface area (Å²) in [6.07, 6.45) is 6.87. The third-order valence-electron chi connectivity index (χ3n) is 6.09. The Hall–Kier alpha value is -1.66. The lowest BCUT2D eigenvalue weighted by molar-refractivity contribution is -0.208. The van der Waals surface area contributed by atoms with Crippen molar-refractivity contribution < 1.29 is 29.3 Å². The molecule has 3 aliphatic rings. The molecule has 2 saturated heterocycles. The fourth-order valence-electron chi connectivity index (χ4n) is 4.36. The van der Waals surface area contributed by atoms with Crippen molar-refractivity contribution in [3.63, 3.8) is 0 Å². The second kappa shape index (κ2) is 9.23. The maximum atomic E-state index is 12.0. The van der Waals surface area contributed by atoms with Crippen LogP contribution in [0.15, 0.2) is 23.8 Å². The molecule has 28 heavy (non-hydrogen) atoms. The monoisotopic (exact) mass is 394 g/mol. The lowest BCUT2D eigenvalue weighted by Gasteiger charge is -2.45. The number of carbonyl (C=O) groups is 2. The summed E-state index contributed by atoms with van der Waals surface area (Å²) in [5.74, 6) is -0.884. The molecule has 0 spiro atoms. The Labute approximate surface area is 167 Å². The lowest BCUT2D eigenvalue weighted by atomic mass is 9.76. The topological polar surface area (TPSA) is 93.1 Å². The van der Waals surface area contributed by atoms with E-state index < -0.39 is 11.6 Å². The van der Waals surface area contributed by atoms with Gasteiger partial charge in [0.2, 0.25) is 0 Å². The van der Waals surface area contributed by atoms with Gasteiger partial charge in [-0.2, -0.15) is 0 Å². The van der Waals surface area contributed by atoms with Crippen LogP contribution in [0.25, 0.3) is 0 Å². The van der Waals surface area contributed by atoms with Crippen LogP contribution in [0.4, 0.5) is 0 Å². The van der Waals surface area contributed by atoms with Crippen molar-refractivity contribution >= 4 is 11.9 Å². The van der Waals surface area contributed by atoms with Crippen molar-refractivity contribution in [2.45, 2.75) is 90.1 Å². The molecule has 6 nitrogen and oxygen atoms in total. The summed E-state index contributed by atoms with van der Waals surface area (Å²) < 4.78 is 11.9. The lowest BCUT2D eigenvalue weighted by Crippen LogP contribution is -2.54. The predicted molar refractivity (Wildman–Crippen MR) is 106 cm³/mol. The third-order valence-corrected chi connectivity index (χ3v) is 6.09. The number of allylic oxidation sites excluding steroid dienone is 2. The first-order valence-electron chi connectivity index (χ1n) is 10.2. The Morgan fingerprint density at radius 2 is 2.00 bits per heavy atom. The van der Waals surface area contributed by atoms with Crippen molar-refractivity contribution in [2.24, 2.45) is 11.8 Å². The summed E-state index contributed by atoms with van der Waals surface area (Å²) in [5.41, 5.74) is 1.03. The standard InChI is InChI=1S/C20H30O4.C2H4O2/c1-12-7-5-9-13(2)17-18-15(14(3)19(21)24-18)11-16(23-17)20(4,22)10-6-8-12;1-2(3)4/h8,13,15-18,22H,3,5-7,9-11H2,1-2,4H3;1H3,(H,3,4). The van der Waals surface area contributed by atoms with Gasteiger partial charge < -0.3 is 19.7 Å². The zero-order valence-corrected chi connectivity index (χ0v) is 17.4. The summed E-state index contributed by atoms with van der Waals surface area (Å²) in [4.78, 5) is 21.0. The Morgan fingerprint density at radius 3 is 2.64 bits per heavy atom. The first-order valence-corrected chi connectivity index (χ1v) is 10.2. The summed E-state index contributed by atoms with van der Waals surface area (Å²) in [6, 6.07) is 0. The molecule has 0 amide bonds. The summed E-state index contributed by atoms with van der Waals surface area (Å²) in [7, 11) is 0. The number of hydrogen-bond donors (Lipinski definition) is 2. The van der Waals surface area contributed by atoms with Gasteiger partial charge in [0.05, 0.1) is 17.8 Å². The van der Waals surface area contributed by atoms with Gasteiger partial charge in [0.15, 0.2) is 0 Å². The molecule has 2 N–H and O–H groups in total. The number of ether oxygens (including phenoxy) is 2. The second-order valence-electron chi connectivity index (χ2n) is 8.66. The number of hydrogen-bond acceptors (Lipinski definition) is 5. The predicted octanol–water partition coefficient (Wildman–Crippen LogP) is 3.63. The number of aliphatic carboxylic acids is 1. The quantitative estimate of drug-likeness (QED) is 0.370. The summed E-state index contributed by atoms with van der Waals surface area (Å²) in [6.45, 7) is 11.2. The molecule has 3 rings (SSSR count). The van der Waals surface area contributed by atoms with Crippen LogP contribution in [-0.2, 0) is 19.1 Å². The first kappa shape index (κ1) is 22.6. The molecule has 0 saturated carbocycles. The Kier molecular flexibility index (Phi) is 7.46. The van der Waals surface area contributed by atoms with Gasteiger partial charge in [0.1, 0.15) is 6.10 Å². The zero-order chi connectivity index (χ0) is 21.1. The van der Waals surface area contributed by atoms with Crippen molar-refractivity contribution in [1.29, 1.82) is 0 Å². The van der Waals surface area contributed by atoms with Crippen molar-refractivity contribution in [1.82, 2.24) is 0 Å². The average Bonchev–Trinajstić information content (AvgIpc) is 2.87. The van der Waals surface area contributed by atoms with Gasteiger partial charge in [0.25, 0.3) is 5.97 Å². The Balaban J connectivity index is 0.000000640. The van der Waals surface area contributed by atoms with E-state index in [0.29, 0.717) is 18.4 Å². The molecule has 3 aliphatic heterocycles. The smallest absolute Gasteiger partial charge is 0.334 e. The number of carboxylic acid groups (broad SMARTS) is 1. The van der Waals surface area contributed by atoms with E-state index in [1.54, 1.807) is 0 Å². The molecule has 6 heteroatoms. The van der Waals surface area contributed by atoms with Gasteiger partial charge in [-0.05, 0) is 58.3 Å². The average molecular weight is 395 g/mol. The maximum Gasteiger partial charge on any atom is 0.334 e. The molecular formula is C22H34O6. The van der Waals surface area contributed by atoms with Crippen molar-refractivity contribution in [3.8, 4) is 0 Å². The molecule has 2 bridgehead atoms. The second-order valence-corrected chi connectivity index (χ2v) is 8.66. The van der Waals surface area contributed by atoms with Crippen LogP contribution in [0.5, 0.6) is 0 Å². The van der Waals surface area contributed by atoms with E-state index in [1.807, 2.05) is 6.92 Å². The van der Waals surface area contributed by atoms with Gasteiger partial charge in [-0.25, -0.2) is 4.79 Å². The third kappa shape index (κ3) is 5.45. The van der Waals surface area contributed by atoms with Gasteiger partial charge >= 0.3 is 5.97 Å². The number of aliphatic hydroxyl groups is 1. The molecule has 0 aromatic rings. The van der Waals surface area contributed by atoms with Gasteiger partial charge in [-0.1, -0.05) is 25.2 Å². The Bertz CT molecular complexity index is 631. The van der Waals surface area contributed by atoms with Gasteiger partial charge in [0, 0.05) is 18.4 Å². The number of esters is 1. The largest absolute Gasteiger partial charge is 0.481 e. The van der Waals surface area contributed by atoms with Crippen LogP contribution in [0.2, 0.25) is 0 Å². The molecule has 0 radical (unpaired) electrons. The molecule has 158 valence electrons. The minimum absolute atomic E-state index is 0.0320. The maximum absolute atomic E-state index is 12.0. The van der Waals surface area contributed by atoms with Crippen LogP contribution in [0, 0.1) is 11.8 Å². The zero-order valence-electron chi connectivity index (χ0n) is 17.4. The van der Waals surface area contributed by atoms with Gasteiger partial charge in [-0.3, -0.25) is 4.79 Å². The summed E-state index contributed by atoms with van der Waals surface area (Å²) >= 11 is 0.